The lowest BCUT2D eigenvalue weighted by atomic mass is 10.0. The Morgan fingerprint density at radius 3 is 2.59 bits per heavy atom. The van der Waals surface area contributed by atoms with E-state index in [4.69, 9.17) is 9.47 Å². The molecule has 4 heterocycles. The molecule has 0 spiro atoms. The normalized spacial score (nSPS) is 11.2. The van der Waals surface area contributed by atoms with Crippen molar-refractivity contribution in [3.63, 3.8) is 0 Å². The highest BCUT2D eigenvalue weighted by Crippen LogP contribution is 2.26. The van der Waals surface area contributed by atoms with Gasteiger partial charge in [-0.05, 0) is 42.8 Å². The van der Waals surface area contributed by atoms with Crippen LogP contribution in [0.5, 0.6) is 11.8 Å². The van der Waals surface area contributed by atoms with Crippen molar-refractivity contribution in [3.8, 4) is 28.6 Å². The summed E-state index contributed by atoms with van der Waals surface area (Å²) < 4.78 is 14.1. The maximum absolute atomic E-state index is 13.8. The van der Waals surface area contributed by atoms with E-state index in [9.17, 15) is 4.79 Å². The minimum Gasteiger partial charge on any atom is -0.481 e. The Labute approximate surface area is 183 Å². The number of hydrogen-bond acceptors (Lipinski definition) is 6. The molecule has 0 aliphatic rings. The summed E-state index contributed by atoms with van der Waals surface area (Å²) >= 11 is 0. The van der Waals surface area contributed by atoms with Crippen LogP contribution in [-0.2, 0) is 7.05 Å². The average molecular weight is 427 g/mol. The van der Waals surface area contributed by atoms with Gasteiger partial charge < -0.3 is 9.47 Å². The molecule has 0 bridgehead atoms. The van der Waals surface area contributed by atoms with Crippen LogP contribution in [0.15, 0.2) is 65.7 Å². The number of methoxy groups -OCH3 is 1. The van der Waals surface area contributed by atoms with Gasteiger partial charge in [0, 0.05) is 41.7 Å². The maximum atomic E-state index is 13.8. The van der Waals surface area contributed by atoms with E-state index < -0.39 is 0 Å². The predicted molar refractivity (Wildman–Crippen MR) is 123 cm³/mol. The monoisotopic (exact) mass is 427 g/mol. The quantitative estimate of drug-likeness (QED) is 0.425. The minimum absolute atomic E-state index is 0.200. The van der Waals surface area contributed by atoms with E-state index in [1.165, 1.54) is 0 Å². The van der Waals surface area contributed by atoms with Crippen LogP contribution in [0.1, 0.15) is 6.92 Å². The zero-order valence-electron chi connectivity index (χ0n) is 17.9. The second-order valence-electron chi connectivity index (χ2n) is 7.33. The molecule has 8 nitrogen and oxygen atoms in total. The number of benzene rings is 1. The molecular formula is C24H21N5O3. The molecule has 0 aliphatic heterocycles. The number of rotatable bonds is 5. The molecule has 0 saturated carbocycles. The molecule has 8 heteroatoms. The number of pyridine rings is 3. The van der Waals surface area contributed by atoms with Crippen LogP contribution >= 0.6 is 0 Å². The van der Waals surface area contributed by atoms with Gasteiger partial charge in [0.25, 0.3) is 5.56 Å². The van der Waals surface area contributed by atoms with Gasteiger partial charge in [-0.15, -0.1) is 0 Å². The number of aryl methyl sites for hydroxylation is 1. The summed E-state index contributed by atoms with van der Waals surface area (Å²) in [6.07, 6.45) is 3.53. The van der Waals surface area contributed by atoms with Gasteiger partial charge in [0.05, 0.1) is 31.1 Å². The molecule has 5 aromatic rings. The average Bonchev–Trinajstić information content (AvgIpc) is 3.18. The zero-order valence-corrected chi connectivity index (χ0v) is 17.9. The first-order valence-corrected chi connectivity index (χ1v) is 10.2. The first kappa shape index (κ1) is 19.7. The second-order valence-corrected chi connectivity index (χ2v) is 7.33. The Balaban J connectivity index is 1.79. The molecule has 0 radical (unpaired) electrons. The van der Waals surface area contributed by atoms with Crippen LogP contribution in [0.3, 0.4) is 0 Å². The predicted octanol–water partition coefficient (Wildman–Crippen LogP) is 3.74. The molecule has 0 atom stereocenters. The third-order valence-corrected chi connectivity index (χ3v) is 5.24. The third-order valence-electron chi connectivity index (χ3n) is 5.24. The molecule has 0 N–H and O–H groups in total. The number of nitrogens with zero attached hydrogens (tertiary/aromatic N) is 5. The van der Waals surface area contributed by atoms with Crippen molar-refractivity contribution in [2.45, 2.75) is 6.92 Å². The van der Waals surface area contributed by atoms with E-state index in [1.807, 2.05) is 50.5 Å². The Kier molecular flexibility index (Phi) is 4.82. The molecule has 4 aromatic heterocycles. The van der Waals surface area contributed by atoms with Crippen molar-refractivity contribution in [1.29, 1.82) is 0 Å². The lowest BCUT2D eigenvalue weighted by Crippen LogP contribution is -2.21. The maximum Gasteiger partial charge on any atom is 0.264 e. The van der Waals surface area contributed by atoms with Crippen LogP contribution in [-0.4, -0.2) is 38.0 Å². The van der Waals surface area contributed by atoms with Crippen molar-refractivity contribution >= 4 is 21.9 Å². The topological polar surface area (TPSA) is 84.1 Å². The van der Waals surface area contributed by atoms with Crippen molar-refractivity contribution < 1.29 is 9.47 Å². The summed E-state index contributed by atoms with van der Waals surface area (Å²) in [4.78, 5) is 22.6. The van der Waals surface area contributed by atoms with Crippen LogP contribution in [0, 0.1) is 0 Å². The molecule has 0 fully saturated rings. The largest absolute Gasteiger partial charge is 0.481 e. The van der Waals surface area contributed by atoms with E-state index in [-0.39, 0.29) is 5.56 Å². The lowest BCUT2D eigenvalue weighted by Gasteiger charge is -2.14. The van der Waals surface area contributed by atoms with Crippen LogP contribution < -0.4 is 15.0 Å². The van der Waals surface area contributed by atoms with E-state index in [1.54, 1.807) is 40.8 Å². The summed E-state index contributed by atoms with van der Waals surface area (Å²) in [6, 6.07) is 14.9. The Hall–Kier alpha value is -4.20. The summed E-state index contributed by atoms with van der Waals surface area (Å²) in [5.74, 6) is 0.923. The van der Waals surface area contributed by atoms with Crippen LogP contribution in [0.2, 0.25) is 0 Å². The summed E-state index contributed by atoms with van der Waals surface area (Å²) in [5.41, 5.74) is 3.13. The van der Waals surface area contributed by atoms with Crippen LogP contribution in [0.25, 0.3) is 38.8 Å². The van der Waals surface area contributed by atoms with E-state index in [0.29, 0.717) is 35.3 Å². The summed E-state index contributed by atoms with van der Waals surface area (Å²) in [6.45, 7) is 2.38. The van der Waals surface area contributed by atoms with Crippen LogP contribution in [0.4, 0.5) is 0 Å². The van der Waals surface area contributed by atoms with Gasteiger partial charge in [-0.3, -0.25) is 14.0 Å². The van der Waals surface area contributed by atoms with E-state index >= 15 is 0 Å². The molecule has 32 heavy (non-hydrogen) atoms. The zero-order chi connectivity index (χ0) is 22.2. The number of fused-ring (bicyclic) bond motifs is 2. The smallest absolute Gasteiger partial charge is 0.264 e. The van der Waals surface area contributed by atoms with Gasteiger partial charge >= 0.3 is 0 Å². The number of hydrogen-bond donors (Lipinski definition) is 0. The molecule has 0 unspecified atom stereocenters. The number of aromatic nitrogens is 5. The summed E-state index contributed by atoms with van der Waals surface area (Å²) in [7, 11) is 3.43. The molecule has 1 aromatic carbocycles. The molecule has 0 amide bonds. The van der Waals surface area contributed by atoms with Crippen molar-refractivity contribution in [2.75, 3.05) is 13.7 Å². The van der Waals surface area contributed by atoms with E-state index in [0.717, 1.165) is 21.9 Å². The highest BCUT2D eigenvalue weighted by molar-refractivity contribution is 5.88. The van der Waals surface area contributed by atoms with Gasteiger partial charge in [-0.2, -0.15) is 10.1 Å². The van der Waals surface area contributed by atoms with Gasteiger partial charge in [-0.25, -0.2) is 4.98 Å². The summed E-state index contributed by atoms with van der Waals surface area (Å²) in [5, 5.41) is 6.19. The third kappa shape index (κ3) is 3.35. The SMILES string of the molecule is CCOc1ccc2cc(-c3ccc4nn(C)cc4c3)c(=O)n(-c3ccc(OC)nc3)c2n1. The van der Waals surface area contributed by atoms with Gasteiger partial charge in [-0.1, -0.05) is 6.07 Å². The Morgan fingerprint density at radius 1 is 1.00 bits per heavy atom. The Morgan fingerprint density at radius 2 is 1.84 bits per heavy atom. The van der Waals surface area contributed by atoms with Gasteiger partial charge in [0.1, 0.15) is 0 Å². The standard InChI is InChI=1S/C24H21N5O3/c1-4-32-22-9-6-16-12-19(15-5-8-20-17(11-15)14-28(2)27-20)24(30)29(23(16)26-22)18-7-10-21(31-3)25-13-18/h5-14H,4H2,1-3H3. The highest BCUT2D eigenvalue weighted by Gasteiger charge is 2.16. The van der Waals surface area contributed by atoms with Gasteiger partial charge in [0.15, 0.2) is 5.65 Å². The molecule has 0 saturated heterocycles. The van der Waals surface area contributed by atoms with Crippen molar-refractivity contribution in [3.05, 3.63) is 71.3 Å². The Bertz CT molecular complexity index is 1500. The highest BCUT2D eigenvalue weighted by atomic mass is 16.5. The van der Waals surface area contributed by atoms with E-state index in [2.05, 4.69) is 15.1 Å². The molecule has 160 valence electrons. The lowest BCUT2D eigenvalue weighted by molar-refractivity contribution is 0.328. The fourth-order valence-electron chi connectivity index (χ4n) is 3.78. The molecular weight excluding hydrogens is 406 g/mol. The molecule has 0 aliphatic carbocycles. The van der Waals surface area contributed by atoms with Crippen molar-refractivity contribution in [2.24, 2.45) is 7.05 Å². The minimum atomic E-state index is -0.200. The fraction of sp³-hybridized carbons (Fsp3) is 0.167. The van der Waals surface area contributed by atoms with Gasteiger partial charge in [0.2, 0.25) is 11.8 Å². The first-order chi connectivity index (χ1) is 15.6. The number of ether oxygens (including phenoxy) is 2. The fourth-order valence-corrected chi connectivity index (χ4v) is 3.78. The van der Waals surface area contributed by atoms with Crippen molar-refractivity contribution in [1.82, 2.24) is 24.3 Å². The second kappa shape index (κ2) is 7.81. The first-order valence-electron chi connectivity index (χ1n) is 10.2. The molecule has 5 rings (SSSR count).